The summed E-state index contributed by atoms with van der Waals surface area (Å²) in [5.41, 5.74) is 1.49. The molecule has 56 heavy (non-hydrogen) atoms. The molecule has 2 aromatic rings. The maximum Gasteiger partial charge on any atom is 0.407 e. The third kappa shape index (κ3) is 12.1. The van der Waals surface area contributed by atoms with Crippen molar-refractivity contribution in [3.05, 3.63) is 71.8 Å². The fourth-order valence-electron chi connectivity index (χ4n) is 7.37. The van der Waals surface area contributed by atoms with Gasteiger partial charge in [0, 0.05) is 26.6 Å². The number of hydrogen-bond donors (Lipinski definition) is 4. The SMILES string of the molecule is CCCC(NC(=O)C1CC(c2ccccc2)CN1C(=O)C(NC(=O)OCC(C)C)C1CCCCC1)C(=O)C(=O)NCC(=O)NC(C(=O)N(C)C)c1ccccc1. The fourth-order valence-corrected chi connectivity index (χ4v) is 7.37. The first-order valence-electron chi connectivity index (χ1n) is 19.8. The van der Waals surface area contributed by atoms with Crippen LogP contribution in [0.5, 0.6) is 0 Å². The van der Waals surface area contributed by atoms with E-state index in [0.717, 1.165) is 37.7 Å². The Morgan fingerprint density at radius 1 is 0.857 bits per heavy atom. The van der Waals surface area contributed by atoms with Gasteiger partial charge >= 0.3 is 6.09 Å². The van der Waals surface area contributed by atoms with Crippen molar-refractivity contribution in [2.75, 3.05) is 33.8 Å². The molecule has 0 aromatic heterocycles. The lowest BCUT2D eigenvalue weighted by atomic mass is 9.83. The Kier molecular flexibility index (Phi) is 16.4. The molecule has 1 aliphatic carbocycles. The van der Waals surface area contributed by atoms with Gasteiger partial charge < -0.3 is 35.8 Å². The number of rotatable bonds is 17. The van der Waals surface area contributed by atoms with Crippen molar-refractivity contribution in [2.45, 2.75) is 102 Å². The molecule has 1 saturated carbocycles. The molecule has 14 heteroatoms. The predicted octanol–water partition coefficient (Wildman–Crippen LogP) is 3.62. The molecule has 5 unspecified atom stereocenters. The molecular weight excluding hydrogens is 716 g/mol. The summed E-state index contributed by atoms with van der Waals surface area (Å²) in [5, 5.41) is 10.6. The van der Waals surface area contributed by atoms with Gasteiger partial charge in [0.15, 0.2) is 0 Å². The smallest absolute Gasteiger partial charge is 0.407 e. The van der Waals surface area contributed by atoms with Crippen LogP contribution in [0.15, 0.2) is 60.7 Å². The summed E-state index contributed by atoms with van der Waals surface area (Å²) in [6.45, 7) is 5.47. The van der Waals surface area contributed by atoms with Crippen LogP contribution in [0.4, 0.5) is 4.79 Å². The minimum atomic E-state index is -1.23. The lowest BCUT2D eigenvalue weighted by Gasteiger charge is -2.34. The number of hydrogen-bond acceptors (Lipinski definition) is 8. The Hall–Kier alpha value is -5.27. The van der Waals surface area contributed by atoms with Crippen LogP contribution in [-0.4, -0.2) is 103 Å². The second-order valence-corrected chi connectivity index (χ2v) is 15.4. The molecule has 304 valence electrons. The number of alkyl carbamates (subject to hydrolysis) is 1. The number of ketones is 1. The maximum absolute atomic E-state index is 14.5. The molecule has 2 aromatic carbocycles. The zero-order chi connectivity index (χ0) is 40.8. The molecule has 14 nitrogen and oxygen atoms in total. The summed E-state index contributed by atoms with van der Waals surface area (Å²) in [6.07, 6.45) is 4.52. The largest absolute Gasteiger partial charge is 0.449 e. The molecule has 0 bridgehead atoms. The van der Waals surface area contributed by atoms with Gasteiger partial charge in [-0.25, -0.2) is 4.79 Å². The average Bonchev–Trinajstić information content (AvgIpc) is 3.66. The Morgan fingerprint density at radius 2 is 1.50 bits per heavy atom. The van der Waals surface area contributed by atoms with E-state index in [-0.39, 0.29) is 55.6 Å². The Labute approximate surface area is 329 Å². The molecule has 1 aliphatic heterocycles. The Morgan fingerprint density at radius 3 is 2.11 bits per heavy atom. The van der Waals surface area contributed by atoms with E-state index < -0.39 is 60.3 Å². The molecule has 0 radical (unpaired) electrons. The van der Waals surface area contributed by atoms with Crippen molar-refractivity contribution in [3.8, 4) is 0 Å². The predicted molar refractivity (Wildman–Crippen MR) is 210 cm³/mol. The summed E-state index contributed by atoms with van der Waals surface area (Å²) in [7, 11) is 3.12. The number of benzene rings is 2. The van der Waals surface area contributed by atoms with Gasteiger partial charge in [-0.15, -0.1) is 0 Å². The molecule has 4 rings (SSSR count). The fraction of sp³-hybridized carbons (Fsp3) is 0.548. The number of likely N-dealkylation sites (tertiary alicyclic amines) is 1. The van der Waals surface area contributed by atoms with Gasteiger partial charge in [-0.05, 0) is 48.6 Å². The Balaban J connectivity index is 1.49. The quantitative estimate of drug-likeness (QED) is 0.176. The molecule has 2 fully saturated rings. The lowest BCUT2D eigenvalue weighted by molar-refractivity contribution is -0.143. The van der Waals surface area contributed by atoms with E-state index in [0.29, 0.717) is 12.0 Å². The minimum absolute atomic E-state index is 0.103. The van der Waals surface area contributed by atoms with Crippen LogP contribution in [0.3, 0.4) is 0 Å². The monoisotopic (exact) mass is 774 g/mol. The minimum Gasteiger partial charge on any atom is -0.449 e. The van der Waals surface area contributed by atoms with Crippen molar-refractivity contribution in [1.29, 1.82) is 0 Å². The van der Waals surface area contributed by atoms with Gasteiger partial charge in [-0.3, -0.25) is 28.8 Å². The number of carbonyl (C=O) groups excluding carboxylic acids is 7. The number of nitrogens with zero attached hydrogens (tertiary/aromatic N) is 2. The maximum atomic E-state index is 14.5. The number of amides is 6. The highest BCUT2D eigenvalue weighted by Crippen LogP contribution is 2.35. The highest BCUT2D eigenvalue weighted by Gasteiger charge is 2.45. The van der Waals surface area contributed by atoms with Crippen LogP contribution in [0.1, 0.15) is 95.2 Å². The molecule has 1 heterocycles. The first-order chi connectivity index (χ1) is 26.8. The van der Waals surface area contributed by atoms with E-state index in [4.69, 9.17) is 4.74 Å². The van der Waals surface area contributed by atoms with Crippen LogP contribution in [0.2, 0.25) is 0 Å². The molecule has 1 saturated heterocycles. The number of likely N-dealkylation sites (N-methyl/N-ethyl adjacent to an activating group) is 1. The molecular formula is C42H58N6O8. The van der Waals surface area contributed by atoms with Gasteiger partial charge in [-0.2, -0.15) is 0 Å². The van der Waals surface area contributed by atoms with Crippen LogP contribution < -0.4 is 21.3 Å². The number of nitrogens with one attached hydrogen (secondary N) is 4. The summed E-state index contributed by atoms with van der Waals surface area (Å²) in [5.74, 6) is -4.29. The first-order valence-corrected chi connectivity index (χ1v) is 19.8. The van der Waals surface area contributed by atoms with Gasteiger partial charge in [0.1, 0.15) is 18.1 Å². The lowest BCUT2D eigenvalue weighted by Crippen LogP contribution is -2.58. The normalized spacial score (nSPS) is 18.6. The Bertz CT molecular complexity index is 1660. The number of Topliss-reactive ketones (excluding diaryl/α,β-unsaturated/α-hetero) is 1. The number of ether oxygens (including phenoxy) is 1. The summed E-state index contributed by atoms with van der Waals surface area (Å²) in [6, 6.07) is 14.1. The van der Waals surface area contributed by atoms with Crippen molar-refractivity contribution in [3.63, 3.8) is 0 Å². The van der Waals surface area contributed by atoms with Gasteiger partial charge in [0.25, 0.3) is 5.91 Å². The van der Waals surface area contributed by atoms with E-state index >= 15 is 0 Å². The summed E-state index contributed by atoms with van der Waals surface area (Å²) >= 11 is 0. The average molecular weight is 775 g/mol. The summed E-state index contributed by atoms with van der Waals surface area (Å²) < 4.78 is 5.41. The van der Waals surface area contributed by atoms with Crippen LogP contribution >= 0.6 is 0 Å². The van der Waals surface area contributed by atoms with Crippen LogP contribution in [0.25, 0.3) is 0 Å². The van der Waals surface area contributed by atoms with E-state index in [1.165, 1.54) is 9.80 Å². The van der Waals surface area contributed by atoms with Crippen molar-refractivity contribution >= 4 is 41.4 Å². The third-order valence-corrected chi connectivity index (χ3v) is 10.3. The zero-order valence-corrected chi connectivity index (χ0v) is 33.3. The molecule has 6 amide bonds. The van der Waals surface area contributed by atoms with Gasteiger partial charge in [0.05, 0.1) is 19.2 Å². The van der Waals surface area contributed by atoms with E-state index in [2.05, 4.69) is 21.3 Å². The van der Waals surface area contributed by atoms with Crippen LogP contribution in [0, 0.1) is 11.8 Å². The van der Waals surface area contributed by atoms with Gasteiger partial charge in [0.2, 0.25) is 29.4 Å². The zero-order valence-electron chi connectivity index (χ0n) is 33.3. The topological polar surface area (TPSA) is 183 Å². The van der Waals surface area contributed by atoms with Crippen molar-refractivity contribution in [1.82, 2.24) is 31.1 Å². The number of carbonyl (C=O) groups is 7. The van der Waals surface area contributed by atoms with E-state index in [1.54, 1.807) is 51.4 Å². The second kappa shape index (κ2) is 21.1. The molecule has 5 atom stereocenters. The van der Waals surface area contributed by atoms with E-state index in [1.807, 2.05) is 44.2 Å². The summed E-state index contributed by atoms with van der Waals surface area (Å²) in [4.78, 5) is 97.0. The third-order valence-electron chi connectivity index (χ3n) is 10.3. The van der Waals surface area contributed by atoms with Gasteiger partial charge in [-0.1, -0.05) is 107 Å². The highest BCUT2D eigenvalue weighted by atomic mass is 16.5. The standard InChI is InChI=1S/C42H58N6O8/c1-6-16-32(37(50)39(52)43-24-34(49)45-35(40(53)47(4)5)29-19-12-8-13-20-29)44-38(51)33-23-31(28-17-10-7-11-18-28)25-48(33)41(54)36(30-21-14-9-15-22-30)46-42(55)56-26-27(2)3/h7-8,10-13,17-20,27,30-33,35-36H,6,9,14-16,21-26H2,1-5H3,(H,43,52)(H,44,51)(H,45,49)(H,46,55). The van der Waals surface area contributed by atoms with Crippen molar-refractivity contribution < 1.29 is 38.3 Å². The second-order valence-electron chi connectivity index (χ2n) is 15.4. The first kappa shape index (κ1) is 43.5. The van der Waals surface area contributed by atoms with E-state index in [9.17, 15) is 33.6 Å². The highest BCUT2D eigenvalue weighted by molar-refractivity contribution is 6.38. The van der Waals surface area contributed by atoms with Crippen molar-refractivity contribution in [2.24, 2.45) is 11.8 Å². The van der Waals surface area contributed by atoms with Crippen LogP contribution in [-0.2, 0) is 33.5 Å². The molecule has 4 N–H and O–H groups in total. The molecule has 2 aliphatic rings. The molecule has 0 spiro atoms.